The number of hydrogen-bond donors (Lipinski definition) is 1. The molecular formula is C22H20F2N6. The Balaban J connectivity index is 1.76. The summed E-state index contributed by atoms with van der Waals surface area (Å²) in [4.78, 5) is 11.5. The summed E-state index contributed by atoms with van der Waals surface area (Å²) >= 11 is 0. The van der Waals surface area contributed by atoms with Gasteiger partial charge in [0.2, 0.25) is 5.95 Å². The van der Waals surface area contributed by atoms with E-state index >= 15 is 0 Å². The summed E-state index contributed by atoms with van der Waals surface area (Å²) in [5.41, 5.74) is 8.40. The molecule has 0 aliphatic carbocycles. The van der Waals surface area contributed by atoms with Crippen LogP contribution in [0.1, 0.15) is 19.3 Å². The molecule has 152 valence electrons. The smallest absolute Gasteiger partial charge is 0.228 e. The second-order valence-corrected chi connectivity index (χ2v) is 7.41. The summed E-state index contributed by atoms with van der Waals surface area (Å²) in [6, 6.07) is 12.2. The highest BCUT2D eigenvalue weighted by molar-refractivity contribution is 5.99. The van der Waals surface area contributed by atoms with Crippen molar-refractivity contribution in [2.45, 2.75) is 19.3 Å². The van der Waals surface area contributed by atoms with E-state index in [4.69, 9.17) is 10.7 Å². The molecule has 1 fully saturated rings. The molecule has 4 aromatic rings. The third-order valence-electron chi connectivity index (χ3n) is 5.35. The average Bonchev–Trinajstić information content (AvgIpc) is 3.10. The molecule has 0 bridgehead atoms. The number of aromatic nitrogens is 4. The summed E-state index contributed by atoms with van der Waals surface area (Å²) in [6.45, 7) is 1.71. The van der Waals surface area contributed by atoms with Gasteiger partial charge in [-0.1, -0.05) is 18.2 Å². The molecule has 3 heterocycles. The minimum Gasteiger partial charge on any atom is -0.383 e. The number of anilines is 2. The molecule has 0 amide bonds. The number of nitrogen functional groups attached to an aromatic ring is 1. The van der Waals surface area contributed by atoms with E-state index in [0.717, 1.165) is 25.9 Å². The molecular weight excluding hydrogens is 386 g/mol. The van der Waals surface area contributed by atoms with Crippen molar-refractivity contribution in [1.82, 2.24) is 19.7 Å². The minimum atomic E-state index is -0.392. The summed E-state index contributed by atoms with van der Waals surface area (Å²) < 4.78 is 29.2. The van der Waals surface area contributed by atoms with Gasteiger partial charge in [-0.05, 0) is 49.6 Å². The van der Waals surface area contributed by atoms with Gasteiger partial charge in [0.25, 0.3) is 0 Å². The van der Waals surface area contributed by atoms with Crippen LogP contribution < -0.4 is 10.6 Å². The van der Waals surface area contributed by atoms with E-state index in [1.54, 1.807) is 24.3 Å². The first-order chi connectivity index (χ1) is 14.6. The molecule has 1 aliphatic heterocycles. The third kappa shape index (κ3) is 3.24. The topological polar surface area (TPSA) is 72.9 Å². The number of rotatable bonds is 3. The second kappa shape index (κ2) is 7.37. The van der Waals surface area contributed by atoms with Gasteiger partial charge in [-0.25, -0.2) is 18.4 Å². The van der Waals surface area contributed by atoms with Crippen molar-refractivity contribution in [2.24, 2.45) is 0 Å². The van der Waals surface area contributed by atoms with Crippen molar-refractivity contribution in [3.8, 4) is 16.9 Å². The number of nitrogens with two attached hydrogens (primary N) is 1. The number of halogens is 2. The molecule has 1 saturated heterocycles. The Bertz CT molecular complexity index is 1230. The zero-order valence-corrected chi connectivity index (χ0v) is 16.2. The van der Waals surface area contributed by atoms with Gasteiger partial charge in [0, 0.05) is 18.7 Å². The zero-order valence-electron chi connectivity index (χ0n) is 16.2. The molecule has 2 aromatic heterocycles. The van der Waals surface area contributed by atoms with Crippen molar-refractivity contribution in [1.29, 1.82) is 0 Å². The maximum absolute atomic E-state index is 14.0. The van der Waals surface area contributed by atoms with E-state index < -0.39 is 5.82 Å². The monoisotopic (exact) mass is 406 g/mol. The van der Waals surface area contributed by atoms with Crippen molar-refractivity contribution in [3.05, 3.63) is 60.2 Å². The molecule has 30 heavy (non-hydrogen) atoms. The van der Waals surface area contributed by atoms with E-state index in [1.165, 1.54) is 35.4 Å². The molecule has 0 unspecified atom stereocenters. The molecule has 0 spiro atoms. The number of fused-ring (bicyclic) bond motifs is 1. The van der Waals surface area contributed by atoms with E-state index in [-0.39, 0.29) is 11.6 Å². The summed E-state index contributed by atoms with van der Waals surface area (Å²) in [6.07, 6.45) is 3.31. The predicted octanol–water partition coefficient (Wildman–Crippen LogP) is 4.33. The second-order valence-electron chi connectivity index (χ2n) is 7.41. The number of piperidine rings is 1. The molecule has 1 aliphatic rings. The first-order valence-corrected chi connectivity index (χ1v) is 9.93. The fraction of sp³-hybridized carbons (Fsp3) is 0.227. The summed E-state index contributed by atoms with van der Waals surface area (Å²) in [5.74, 6) is 0.0668. The van der Waals surface area contributed by atoms with Crippen LogP contribution in [0.15, 0.2) is 48.5 Å². The van der Waals surface area contributed by atoms with Crippen molar-refractivity contribution < 1.29 is 8.78 Å². The van der Waals surface area contributed by atoms with Crippen LogP contribution in [0, 0.1) is 11.6 Å². The van der Waals surface area contributed by atoms with Crippen molar-refractivity contribution >= 4 is 22.8 Å². The predicted molar refractivity (Wildman–Crippen MR) is 112 cm³/mol. The molecule has 0 saturated carbocycles. The fourth-order valence-corrected chi connectivity index (χ4v) is 3.88. The van der Waals surface area contributed by atoms with Gasteiger partial charge in [0.15, 0.2) is 5.65 Å². The van der Waals surface area contributed by atoms with Gasteiger partial charge in [0.05, 0.1) is 16.8 Å². The lowest BCUT2D eigenvalue weighted by Crippen LogP contribution is -2.31. The van der Waals surface area contributed by atoms with Crippen molar-refractivity contribution in [3.63, 3.8) is 0 Å². The standard InChI is InChI=1S/C22H20F2N6/c23-15-7-4-6-14(12-15)19-18-20(25)30(17-9-5-8-16(24)13-17)28-21(18)27-22(26-19)29-10-2-1-3-11-29/h4-9,12-13H,1-3,10-11,25H2. The van der Waals surface area contributed by atoms with Gasteiger partial charge < -0.3 is 10.6 Å². The van der Waals surface area contributed by atoms with Gasteiger partial charge >= 0.3 is 0 Å². The van der Waals surface area contributed by atoms with E-state index in [0.29, 0.717) is 33.9 Å². The maximum atomic E-state index is 14.0. The lowest BCUT2D eigenvalue weighted by molar-refractivity contribution is 0.569. The highest BCUT2D eigenvalue weighted by Crippen LogP contribution is 2.34. The molecule has 2 N–H and O–H groups in total. The quantitative estimate of drug-likeness (QED) is 0.548. The van der Waals surface area contributed by atoms with Crippen LogP contribution >= 0.6 is 0 Å². The van der Waals surface area contributed by atoms with Crippen LogP contribution in [0.3, 0.4) is 0 Å². The van der Waals surface area contributed by atoms with E-state index in [1.807, 2.05) is 0 Å². The molecule has 8 heteroatoms. The number of nitrogens with zero attached hydrogens (tertiary/aromatic N) is 5. The van der Waals surface area contributed by atoms with Crippen LogP contribution in [0.25, 0.3) is 28.0 Å². The normalized spacial score (nSPS) is 14.4. The van der Waals surface area contributed by atoms with Crippen molar-refractivity contribution in [2.75, 3.05) is 23.7 Å². The summed E-state index contributed by atoms with van der Waals surface area (Å²) in [5, 5.41) is 5.06. The largest absolute Gasteiger partial charge is 0.383 e. The van der Waals surface area contributed by atoms with Crippen LogP contribution in [0.5, 0.6) is 0 Å². The highest BCUT2D eigenvalue weighted by atomic mass is 19.1. The fourth-order valence-electron chi connectivity index (χ4n) is 3.88. The molecule has 0 atom stereocenters. The van der Waals surface area contributed by atoms with Gasteiger partial charge in [0.1, 0.15) is 17.5 Å². The maximum Gasteiger partial charge on any atom is 0.228 e. The van der Waals surface area contributed by atoms with Crippen LogP contribution in [0.2, 0.25) is 0 Å². The number of hydrogen-bond acceptors (Lipinski definition) is 5. The molecule has 5 rings (SSSR count). The molecule has 0 radical (unpaired) electrons. The Labute approximate surface area is 172 Å². The first kappa shape index (κ1) is 18.5. The van der Waals surface area contributed by atoms with E-state index in [9.17, 15) is 8.78 Å². The Kier molecular flexibility index (Phi) is 4.54. The Morgan fingerprint density at radius 1 is 0.867 bits per heavy atom. The van der Waals surface area contributed by atoms with Gasteiger partial charge in [-0.2, -0.15) is 4.98 Å². The van der Waals surface area contributed by atoms with Gasteiger partial charge in [-0.3, -0.25) is 0 Å². The summed E-state index contributed by atoms with van der Waals surface area (Å²) in [7, 11) is 0. The van der Waals surface area contributed by atoms with Crippen LogP contribution in [-0.2, 0) is 0 Å². The molecule has 2 aromatic carbocycles. The van der Waals surface area contributed by atoms with Gasteiger partial charge in [-0.15, -0.1) is 5.10 Å². The zero-order chi connectivity index (χ0) is 20.7. The third-order valence-corrected chi connectivity index (χ3v) is 5.35. The van der Waals surface area contributed by atoms with E-state index in [2.05, 4.69) is 15.0 Å². The Morgan fingerprint density at radius 2 is 1.60 bits per heavy atom. The Morgan fingerprint density at radius 3 is 2.33 bits per heavy atom. The molecule has 6 nitrogen and oxygen atoms in total. The van der Waals surface area contributed by atoms with Crippen LogP contribution in [-0.4, -0.2) is 32.8 Å². The number of benzene rings is 2. The minimum absolute atomic E-state index is 0.278. The SMILES string of the molecule is Nc1c2c(-c3cccc(F)c3)nc(N3CCCCC3)nc2nn1-c1cccc(F)c1. The highest BCUT2D eigenvalue weighted by Gasteiger charge is 2.22. The lowest BCUT2D eigenvalue weighted by atomic mass is 10.1. The first-order valence-electron chi connectivity index (χ1n) is 9.93. The lowest BCUT2D eigenvalue weighted by Gasteiger charge is -2.26. The van der Waals surface area contributed by atoms with Crippen LogP contribution in [0.4, 0.5) is 20.5 Å². The Hall–Kier alpha value is -3.55. The average molecular weight is 406 g/mol.